The van der Waals surface area contributed by atoms with E-state index in [1.165, 1.54) is 0 Å². The van der Waals surface area contributed by atoms with Crippen LogP contribution in [0.2, 0.25) is 0 Å². The summed E-state index contributed by atoms with van der Waals surface area (Å²) in [4.78, 5) is 0. The van der Waals surface area contributed by atoms with Crippen LogP contribution in [-0.2, 0) is 0 Å². The fourth-order valence-corrected chi connectivity index (χ4v) is 1.67. The van der Waals surface area contributed by atoms with Crippen LogP contribution in [0.15, 0.2) is 40.8 Å². The predicted octanol–water partition coefficient (Wildman–Crippen LogP) is 2.73. The van der Waals surface area contributed by atoms with Crippen LogP contribution in [-0.4, -0.2) is 9.78 Å². The molecule has 1 aromatic carbocycles. The number of aryl methyl sites for hydroxylation is 1. The first kappa shape index (κ1) is 8.29. The molecule has 0 N–H and O–H groups in total. The highest BCUT2D eigenvalue weighted by atomic mass is 16.3. The first-order chi connectivity index (χ1) is 7.36. The van der Waals surface area contributed by atoms with Crippen LogP contribution in [0.25, 0.3) is 16.8 Å². The summed E-state index contributed by atoms with van der Waals surface area (Å²) in [5.41, 5.74) is 2.71. The maximum atomic E-state index is 5.30. The van der Waals surface area contributed by atoms with E-state index >= 15 is 0 Å². The lowest BCUT2D eigenvalue weighted by Crippen LogP contribution is -1.95. The summed E-state index contributed by atoms with van der Waals surface area (Å²) in [5, 5.41) is 5.44. The van der Waals surface area contributed by atoms with Gasteiger partial charge in [-0.05, 0) is 25.1 Å². The molecule has 3 aromatic rings. The molecule has 0 aliphatic heterocycles. The van der Waals surface area contributed by atoms with Gasteiger partial charge in [-0.2, -0.15) is 9.78 Å². The largest absolute Gasteiger partial charge is 0.434 e. The molecular formula is C12H9N2O. The Balaban J connectivity index is 2.32. The monoisotopic (exact) mass is 197 g/mol. The average Bonchev–Trinajstić information content (AvgIpc) is 2.84. The first-order valence-electron chi connectivity index (χ1n) is 4.77. The lowest BCUT2D eigenvalue weighted by atomic mass is 10.3. The molecular weight excluding hydrogens is 188 g/mol. The van der Waals surface area contributed by atoms with Crippen molar-refractivity contribution >= 4 is 11.1 Å². The van der Waals surface area contributed by atoms with Gasteiger partial charge in [0.1, 0.15) is 0 Å². The number of para-hydroxylation sites is 1. The lowest BCUT2D eigenvalue weighted by molar-refractivity contribution is 0.574. The summed E-state index contributed by atoms with van der Waals surface area (Å²) < 4.78 is 7.09. The molecule has 0 fully saturated rings. The average molecular weight is 197 g/mol. The highest BCUT2D eigenvalue weighted by Crippen LogP contribution is 2.21. The summed E-state index contributed by atoms with van der Waals surface area (Å²) >= 11 is 0. The highest BCUT2D eigenvalue weighted by molar-refractivity contribution is 5.78. The maximum absolute atomic E-state index is 5.30. The Kier molecular flexibility index (Phi) is 1.65. The molecule has 2 aromatic heterocycles. The maximum Gasteiger partial charge on any atom is 0.230 e. The Bertz CT molecular complexity index is 592. The van der Waals surface area contributed by atoms with Gasteiger partial charge < -0.3 is 4.42 Å². The zero-order chi connectivity index (χ0) is 10.3. The van der Waals surface area contributed by atoms with Crippen molar-refractivity contribution in [2.75, 3.05) is 0 Å². The number of furan rings is 1. The molecule has 0 saturated carbocycles. The van der Waals surface area contributed by atoms with E-state index in [1.807, 2.05) is 43.3 Å². The fourth-order valence-electron chi connectivity index (χ4n) is 1.67. The topological polar surface area (TPSA) is 31.0 Å². The molecule has 3 nitrogen and oxygen atoms in total. The predicted molar refractivity (Wildman–Crippen MR) is 56.9 cm³/mol. The SMILES string of the molecule is Cc1nn(-c2ccccc2)c2o[c]cc12. The Morgan fingerprint density at radius 2 is 2.07 bits per heavy atom. The van der Waals surface area contributed by atoms with Gasteiger partial charge in [0.15, 0.2) is 6.26 Å². The zero-order valence-corrected chi connectivity index (χ0v) is 8.27. The summed E-state index contributed by atoms with van der Waals surface area (Å²) in [7, 11) is 0. The zero-order valence-electron chi connectivity index (χ0n) is 8.27. The Morgan fingerprint density at radius 1 is 1.27 bits per heavy atom. The molecule has 0 amide bonds. The van der Waals surface area contributed by atoms with E-state index in [9.17, 15) is 0 Å². The van der Waals surface area contributed by atoms with Crippen LogP contribution >= 0.6 is 0 Å². The normalized spacial score (nSPS) is 11.0. The van der Waals surface area contributed by atoms with Gasteiger partial charge >= 0.3 is 0 Å². The summed E-state index contributed by atoms with van der Waals surface area (Å²) in [6.07, 6.45) is 2.73. The van der Waals surface area contributed by atoms with E-state index in [-0.39, 0.29) is 0 Å². The van der Waals surface area contributed by atoms with Crippen LogP contribution in [0.4, 0.5) is 0 Å². The third-order valence-electron chi connectivity index (χ3n) is 2.42. The van der Waals surface area contributed by atoms with Crippen molar-refractivity contribution in [3.8, 4) is 5.69 Å². The van der Waals surface area contributed by atoms with Crippen molar-refractivity contribution in [2.24, 2.45) is 0 Å². The van der Waals surface area contributed by atoms with E-state index in [1.54, 1.807) is 4.68 Å². The van der Waals surface area contributed by atoms with E-state index in [0.29, 0.717) is 0 Å². The Morgan fingerprint density at radius 3 is 2.87 bits per heavy atom. The minimum Gasteiger partial charge on any atom is -0.434 e. The van der Waals surface area contributed by atoms with Gasteiger partial charge in [0.05, 0.1) is 16.8 Å². The molecule has 15 heavy (non-hydrogen) atoms. The quantitative estimate of drug-likeness (QED) is 0.600. The van der Waals surface area contributed by atoms with Crippen molar-refractivity contribution in [3.63, 3.8) is 0 Å². The molecule has 2 heterocycles. The third kappa shape index (κ3) is 1.16. The van der Waals surface area contributed by atoms with Gasteiger partial charge in [0.25, 0.3) is 0 Å². The second kappa shape index (κ2) is 2.98. The molecule has 3 rings (SSSR count). The smallest absolute Gasteiger partial charge is 0.230 e. The van der Waals surface area contributed by atoms with E-state index in [0.717, 1.165) is 22.5 Å². The van der Waals surface area contributed by atoms with Crippen LogP contribution in [0.5, 0.6) is 0 Å². The van der Waals surface area contributed by atoms with Crippen molar-refractivity contribution in [1.82, 2.24) is 9.78 Å². The standard InChI is InChI=1S/C12H9N2O/c1-9-11-7-8-15-12(11)14(13-9)10-5-3-2-4-6-10/h2-7H,1H3. The fraction of sp³-hybridized carbons (Fsp3) is 0.0833. The van der Waals surface area contributed by atoms with E-state index in [4.69, 9.17) is 4.42 Å². The molecule has 0 bridgehead atoms. The van der Waals surface area contributed by atoms with Gasteiger partial charge in [0.2, 0.25) is 5.71 Å². The number of fused-ring (bicyclic) bond motifs is 1. The summed E-state index contributed by atoms with van der Waals surface area (Å²) in [6.45, 7) is 1.96. The van der Waals surface area contributed by atoms with Crippen LogP contribution < -0.4 is 0 Å². The molecule has 73 valence electrons. The van der Waals surface area contributed by atoms with Crippen molar-refractivity contribution in [1.29, 1.82) is 0 Å². The lowest BCUT2D eigenvalue weighted by Gasteiger charge is -1.99. The molecule has 0 saturated heterocycles. The van der Waals surface area contributed by atoms with E-state index in [2.05, 4.69) is 11.4 Å². The molecule has 0 atom stereocenters. The van der Waals surface area contributed by atoms with Crippen LogP contribution in [0.3, 0.4) is 0 Å². The minimum absolute atomic E-state index is 0.749. The number of hydrogen-bond donors (Lipinski definition) is 0. The first-order valence-corrected chi connectivity index (χ1v) is 4.77. The molecule has 0 spiro atoms. The second-order valence-electron chi connectivity index (χ2n) is 3.42. The third-order valence-corrected chi connectivity index (χ3v) is 2.42. The molecule has 3 heteroatoms. The summed E-state index contributed by atoms with van der Waals surface area (Å²) in [6, 6.07) is 11.7. The number of rotatable bonds is 1. The highest BCUT2D eigenvalue weighted by Gasteiger charge is 2.10. The van der Waals surface area contributed by atoms with Crippen LogP contribution in [0.1, 0.15) is 5.69 Å². The van der Waals surface area contributed by atoms with Gasteiger partial charge in [-0.3, -0.25) is 0 Å². The second-order valence-corrected chi connectivity index (χ2v) is 3.42. The Hall–Kier alpha value is -2.03. The van der Waals surface area contributed by atoms with Crippen LogP contribution in [0, 0.1) is 13.2 Å². The van der Waals surface area contributed by atoms with E-state index < -0.39 is 0 Å². The number of hydrogen-bond acceptors (Lipinski definition) is 2. The molecule has 1 radical (unpaired) electrons. The van der Waals surface area contributed by atoms with Crippen molar-refractivity contribution < 1.29 is 4.42 Å². The van der Waals surface area contributed by atoms with Crippen molar-refractivity contribution in [3.05, 3.63) is 48.4 Å². The molecule has 0 aliphatic carbocycles. The number of aromatic nitrogens is 2. The van der Waals surface area contributed by atoms with Gasteiger partial charge in [-0.15, -0.1) is 0 Å². The number of benzene rings is 1. The van der Waals surface area contributed by atoms with Crippen molar-refractivity contribution in [2.45, 2.75) is 6.92 Å². The minimum atomic E-state index is 0.749. The Labute approximate surface area is 86.9 Å². The number of nitrogens with zero attached hydrogens (tertiary/aromatic N) is 2. The molecule has 0 aliphatic rings. The van der Waals surface area contributed by atoms with Gasteiger partial charge in [-0.25, -0.2) is 0 Å². The van der Waals surface area contributed by atoms with Gasteiger partial charge in [0, 0.05) is 0 Å². The summed E-state index contributed by atoms with van der Waals surface area (Å²) in [5.74, 6) is 0. The molecule has 0 unspecified atom stereocenters. The van der Waals surface area contributed by atoms with Gasteiger partial charge in [-0.1, -0.05) is 18.2 Å².